The van der Waals surface area contributed by atoms with Crippen molar-refractivity contribution in [2.24, 2.45) is 0 Å². The second kappa shape index (κ2) is 6.11. The highest BCUT2D eigenvalue weighted by Crippen LogP contribution is 2.31. The number of pyridine rings is 1. The lowest BCUT2D eigenvalue weighted by Crippen LogP contribution is -2.48. The molecule has 1 aliphatic heterocycles. The third-order valence-electron chi connectivity index (χ3n) is 4.04. The SMILES string of the molecule is CC[C@]1(c2ccccc2)NC(=O)N(NC(=O)c2ccncc2)C1=O. The second-order valence-electron chi connectivity index (χ2n) is 5.37. The summed E-state index contributed by atoms with van der Waals surface area (Å²) in [5.74, 6) is -1.07. The Kier molecular flexibility index (Phi) is 3.99. The molecule has 0 unspecified atom stereocenters. The normalized spacial score (nSPS) is 20.0. The minimum Gasteiger partial charge on any atom is -0.318 e. The van der Waals surface area contributed by atoms with Crippen LogP contribution in [0.25, 0.3) is 0 Å². The maximum atomic E-state index is 12.9. The van der Waals surface area contributed by atoms with Crippen LogP contribution in [0.2, 0.25) is 0 Å². The number of nitrogens with one attached hydrogen (secondary N) is 2. The molecular weight excluding hydrogens is 308 g/mol. The van der Waals surface area contributed by atoms with Gasteiger partial charge in [0, 0.05) is 18.0 Å². The first kappa shape index (κ1) is 15.7. The van der Waals surface area contributed by atoms with Gasteiger partial charge in [-0.1, -0.05) is 37.3 Å². The highest BCUT2D eigenvalue weighted by atomic mass is 16.2. The summed E-state index contributed by atoms with van der Waals surface area (Å²) < 4.78 is 0. The van der Waals surface area contributed by atoms with Gasteiger partial charge >= 0.3 is 6.03 Å². The van der Waals surface area contributed by atoms with E-state index >= 15 is 0 Å². The van der Waals surface area contributed by atoms with Gasteiger partial charge in [-0.15, -0.1) is 0 Å². The Morgan fingerprint density at radius 3 is 2.46 bits per heavy atom. The number of aromatic nitrogens is 1. The zero-order valence-electron chi connectivity index (χ0n) is 13.0. The molecule has 122 valence electrons. The summed E-state index contributed by atoms with van der Waals surface area (Å²) in [6, 6.07) is 11.3. The number of urea groups is 1. The third kappa shape index (κ3) is 2.50. The lowest BCUT2D eigenvalue weighted by atomic mass is 9.87. The van der Waals surface area contributed by atoms with E-state index in [0.717, 1.165) is 5.01 Å². The van der Waals surface area contributed by atoms with E-state index in [9.17, 15) is 14.4 Å². The first-order chi connectivity index (χ1) is 11.6. The number of carbonyl (C=O) groups is 3. The van der Waals surface area contributed by atoms with E-state index in [1.54, 1.807) is 31.2 Å². The Balaban J connectivity index is 1.88. The molecule has 1 saturated heterocycles. The standard InChI is InChI=1S/C17H16N4O3/c1-2-17(13-6-4-3-5-7-13)15(23)21(16(24)19-17)20-14(22)12-8-10-18-11-9-12/h3-11H,2H2,1H3,(H,19,24)(H,20,22)/t17-/m1/s1. The number of hydrogen-bond donors (Lipinski definition) is 2. The van der Waals surface area contributed by atoms with Crippen LogP contribution in [0, 0.1) is 0 Å². The van der Waals surface area contributed by atoms with Gasteiger partial charge in [0.25, 0.3) is 11.8 Å². The smallest absolute Gasteiger partial charge is 0.318 e. The van der Waals surface area contributed by atoms with E-state index in [2.05, 4.69) is 15.7 Å². The predicted octanol–water partition coefficient (Wildman–Crippen LogP) is 1.58. The van der Waals surface area contributed by atoms with Gasteiger partial charge in [-0.25, -0.2) is 4.79 Å². The molecule has 3 rings (SSSR count). The monoisotopic (exact) mass is 324 g/mol. The molecule has 1 aromatic heterocycles. The van der Waals surface area contributed by atoms with Gasteiger partial charge < -0.3 is 5.32 Å². The van der Waals surface area contributed by atoms with E-state index in [1.807, 2.05) is 6.07 Å². The molecule has 1 aromatic carbocycles. The van der Waals surface area contributed by atoms with Crippen LogP contribution in [0.4, 0.5) is 4.79 Å². The van der Waals surface area contributed by atoms with Crippen LogP contribution in [0.3, 0.4) is 0 Å². The molecule has 0 spiro atoms. The highest BCUT2D eigenvalue weighted by molar-refractivity contribution is 6.09. The van der Waals surface area contributed by atoms with Gasteiger partial charge in [-0.2, -0.15) is 5.01 Å². The molecule has 2 N–H and O–H groups in total. The van der Waals surface area contributed by atoms with Crippen molar-refractivity contribution < 1.29 is 14.4 Å². The molecule has 24 heavy (non-hydrogen) atoms. The third-order valence-corrected chi connectivity index (χ3v) is 4.04. The first-order valence-corrected chi connectivity index (χ1v) is 7.51. The van der Waals surface area contributed by atoms with E-state index in [4.69, 9.17) is 0 Å². The number of benzene rings is 1. The zero-order chi connectivity index (χ0) is 17.2. The Morgan fingerprint density at radius 2 is 1.83 bits per heavy atom. The highest BCUT2D eigenvalue weighted by Gasteiger charge is 2.52. The van der Waals surface area contributed by atoms with Crippen molar-refractivity contribution in [2.75, 3.05) is 0 Å². The molecule has 7 nitrogen and oxygen atoms in total. The molecule has 0 bridgehead atoms. The average molecular weight is 324 g/mol. The number of rotatable bonds is 4. The molecule has 1 atom stereocenters. The van der Waals surface area contributed by atoms with Gasteiger partial charge in [0.15, 0.2) is 0 Å². The first-order valence-electron chi connectivity index (χ1n) is 7.51. The molecule has 0 radical (unpaired) electrons. The number of nitrogens with zero attached hydrogens (tertiary/aromatic N) is 2. The van der Waals surface area contributed by atoms with Crippen LogP contribution < -0.4 is 10.7 Å². The number of hydrazine groups is 1. The summed E-state index contributed by atoms with van der Waals surface area (Å²) in [7, 11) is 0. The minimum atomic E-state index is -1.18. The fraction of sp³-hybridized carbons (Fsp3) is 0.176. The summed E-state index contributed by atoms with van der Waals surface area (Å²) in [4.78, 5) is 41.2. The van der Waals surface area contributed by atoms with Gasteiger partial charge in [0.05, 0.1) is 0 Å². The maximum Gasteiger partial charge on any atom is 0.344 e. The molecule has 7 heteroatoms. The van der Waals surface area contributed by atoms with Gasteiger partial charge in [0.2, 0.25) is 0 Å². The van der Waals surface area contributed by atoms with E-state index < -0.39 is 23.4 Å². The van der Waals surface area contributed by atoms with Crippen LogP contribution in [0.1, 0.15) is 29.3 Å². The largest absolute Gasteiger partial charge is 0.344 e. The van der Waals surface area contributed by atoms with Crippen LogP contribution in [0.5, 0.6) is 0 Å². The van der Waals surface area contributed by atoms with Gasteiger partial charge in [-0.05, 0) is 24.1 Å². The minimum absolute atomic E-state index is 0.305. The van der Waals surface area contributed by atoms with Crippen molar-refractivity contribution in [3.63, 3.8) is 0 Å². The van der Waals surface area contributed by atoms with Crippen molar-refractivity contribution in [3.8, 4) is 0 Å². The molecule has 2 heterocycles. The maximum absolute atomic E-state index is 12.9. The Hall–Kier alpha value is -3.22. The lowest BCUT2D eigenvalue weighted by Gasteiger charge is -2.25. The zero-order valence-corrected chi connectivity index (χ0v) is 13.0. The molecule has 1 fully saturated rings. The number of hydrogen-bond acceptors (Lipinski definition) is 4. The van der Waals surface area contributed by atoms with Crippen molar-refractivity contribution in [1.29, 1.82) is 0 Å². The van der Waals surface area contributed by atoms with Crippen molar-refractivity contribution in [2.45, 2.75) is 18.9 Å². The van der Waals surface area contributed by atoms with Gasteiger partial charge in [0.1, 0.15) is 5.54 Å². The molecule has 0 aliphatic carbocycles. The van der Waals surface area contributed by atoms with Gasteiger partial charge in [-0.3, -0.25) is 20.0 Å². The van der Waals surface area contributed by atoms with Crippen LogP contribution in [0.15, 0.2) is 54.9 Å². The summed E-state index contributed by atoms with van der Waals surface area (Å²) in [5, 5.41) is 3.44. The molecular formula is C17H16N4O3. The van der Waals surface area contributed by atoms with Crippen molar-refractivity contribution >= 4 is 17.8 Å². The number of amides is 4. The molecule has 4 amide bonds. The summed E-state index contributed by atoms with van der Waals surface area (Å²) >= 11 is 0. The topological polar surface area (TPSA) is 91.4 Å². The molecule has 0 saturated carbocycles. The fourth-order valence-electron chi connectivity index (χ4n) is 2.71. The predicted molar refractivity (Wildman–Crippen MR) is 85.5 cm³/mol. The second-order valence-corrected chi connectivity index (χ2v) is 5.37. The van der Waals surface area contributed by atoms with Crippen LogP contribution in [-0.4, -0.2) is 27.8 Å². The van der Waals surface area contributed by atoms with Crippen LogP contribution in [-0.2, 0) is 10.3 Å². The fourth-order valence-corrected chi connectivity index (χ4v) is 2.71. The van der Waals surface area contributed by atoms with E-state index in [-0.39, 0.29) is 0 Å². The molecule has 2 aromatic rings. The quantitative estimate of drug-likeness (QED) is 0.835. The van der Waals surface area contributed by atoms with Crippen molar-refractivity contribution in [3.05, 3.63) is 66.0 Å². The summed E-state index contributed by atoms with van der Waals surface area (Å²) in [6.45, 7) is 1.80. The lowest BCUT2D eigenvalue weighted by molar-refractivity contribution is -0.133. The Morgan fingerprint density at radius 1 is 1.17 bits per heavy atom. The van der Waals surface area contributed by atoms with Crippen LogP contribution >= 0.6 is 0 Å². The Bertz CT molecular complexity index is 779. The van der Waals surface area contributed by atoms with E-state index in [0.29, 0.717) is 17.5 Å². The van der Waals surface area contributed by atoms with E-state index in [1.165, 1.54) is 24.5 Å². The van der Waals surface area contributed by atoms with Crippen molar-refractivity contribution in [1.82, 2.24) is 20.7 Å². The average Bonchev–Trinajstić information content (AvgIpc) is 2.88. The number of carbonyl (C=O) groups excluding carboxylic acids is 3. The number of imide groups is 1. The molecule has 1 aliphatic rings. The Labute approximate surface area is 138 Å². The summed E-state index contributed by atoms with van der Waals surface area (Å²) in [6.07, 6.45) is 3.28. The summed E-state index contributed by atoms with van der Waals surface area (Å²) in [5.41, 5.74) is 2.16.